The minimum Gasteiger partial charge on any atom is -0.306 e. The van der Waals surface area contributed by atoms with E-state index in [1.807, 2.05) is 18.2 Å². The number of thiophene rings is 1. The second-order valence-electron chi connectivity index (χ2n) is 4.12. The van der Waals surface area contributed by atoms with Gasteiger partial charge in [-0.25, -0.2) is 0 Å². The molecule has 18 heavy (non-hydrogen) atoms. The Hall–Kier alpha value is -0.540. The summed E-state index contributed by atoms with van der Waals surface area (Å²) in [6, 6.07) is 8.07. The lowest BCUT2D eigenvalue weighted by atomic mass is 10.0. The van der Waals surface area contributed by atoms with Gasteiger partial charge in [0.15, 0.2) is 0 Å². The lowest BCUT2D eigenvalue weighted by Crippen LogP contribution is -2.21. The minimum atomic E-state index is 0.103. The summed E-state index contributed by atoms with van der Waals surface area (Å²) in [7, 11) is 0. The van der Waals surface area contributed by atoms with E-state index >= 15 is 0 Å². The van der Waals surface area contributed by atoms with E-state index < -0.39 is 0 Å². The van der Waals surface area contributed by atoms with Crippen LogP contribution in [0.15, 0.2) is 29.6 Å². The molecule has 0 amide bonds. The van der Waals surface area contributed by atoms with Crippen LogP contribution in [0.25, 0.3) is 0 Å². The summed E-state index contributed by atoms with van der Waals surface area (Å²) < 4.78 is 0. The maximum absolute atomic E-state index is 6.31. The lowest BCUT2D eigenvalue weighted by molar-refractivity contribution is 0.632. The first-order valence-corrected chi connectivity index (χ1v) is 7.49. The average molecular weight is 300 g/mol. The summed E-state index contributed by atoms with van der Waals surface area (Å²) in [5, 5.41) is 6.86. The van der Waals surface area contributed by atoms with Crippen LogP contribution in [0.1, 0.15) is 29.0 Å². The Balaban J connectivity index is 2.44. The van der Waals surface area contributed by atoms with Crippen molar-refractivity contribution in [1.82, 2.24) is 5.32 Å². The second kappa shape index (κ2) is 6.07. The molecule has 0 bridgehead atoms. The van der Waals surface area contributed by atoms with Crippen molar-refractivity contribution in [3.63, 3.8) is 0 Å². The fourth-order valence-electron chi connectivity index (χ4n) is 1.97. The zero-order valence-corrected chi connectivity index (χ0v) is 12.7. The summed E-state index contributed by atoms with van der Waals surface area (Å²) in [6.07, 6.45) is 0. The molecular weight excluding hydrogens is 285 g/mol. The number of hydrogen-bond acceptors (Lipinski definition) is 2. The van der Waals surface area contributed by atoms with Crippen LogP contribution in [0.5, 0.6) is 0 Å². The fraction of sp³-hybridized carbons (Fsp3) is 0.286. The molecule has 0 fully saturated rings. The van der Waals surface area contributed by atoms with Crippen LogP contribution in [-0.4, -0.2) is 6.54 Å². The van der Waals surface area contributed by atoms with Crippen LogP contribution in [0.4, 0.5) is 0 Å². The highest BCUT2D eigenvalue weighted by molar-refractivity contribution is 7.10. The number of aryl methyl sites for hydroxylation is 1. The summed E-state index contributed by atoms with van der Waals surface area (Å²) in [4.78, 5) is 1.30. The third-order valence-corrected chi connectivity index (χ3v) is 4.50. The number of benzene rings is 1. The molecule has 1 N–H and O–H groups in total. The van der Waals surface area contributed by atoms with Gasteiger partial charge in [0.2, 0.25) is 0 Å². The van der Waals surface area contributed by atoms with Gasteiger partial charge in [-0.15, -0.1) is 11.3 Å². The highest BCUT2D eigenvalue weighted by atomic mass is 35.5. The topological polar surface area (TPSA) is 12.0 Å². The van der Waals surface area contributed by atoms with Crippen molar-refractivity contribution in [2.45, 2.75) is 19.9 Å². The number of hydrogen-bond donors (Lipinski definition) is 1. The molecule has 1 nitrogen and oxygen atoms in total. The van der Waals surface area contributed by atoms with Gasteiger partial charge in [-0.3, -0.25) is 0 Å². The van der Waals surface area contributed by atoms with Crippen LogP contribution in [0.3, 0.4) is 0 Å². The first kappa shape index (κ1) is 13.9. The van der Waals surface area contributed by atoms with Crippen LogP contribution >= 0.6 is 34.5 Å². The molecule has 0 spiro atoms. The van der Waals surface area contributed by atoms with Crippen LogP contribution in [0, 0.1) is 6.92 Å². The normalized spacial score (nSPS) is 12.7. The molecule has 0 aliphatic heterocycles. The molecule has 1 atom stereocenters. The van der Waals surface area contributed by atoms with Gasteiger partial charge < -0.3 is 5.32 Å². The summed E-state index contributed by atoms with van der Waals surface area (Å²) in [5.74, 6) is 0. The molecule has 4 heteroatoms. The third-order valence-electron chi connectivity index (χ3n) is 2.78. The van der Waals surface area contributed by atoms with E-state index in [9.17, 15) is 0 Å². The zero-order valence-electron chi connectivity index (χ0n) is 10.3. The minimum absolute atomic E-state index is 0.103. The standard InChI is InChI=1S/C14H15Cl2NS/c1-3-17-14(10-7-9(2)18-8-10)11-5-4-6-12(15)13(11)16/h4-8,14,17H,3H2,1-2H3. The van der Waals surface area contributed by atoms with E-state index in [2.05, 4.69) is 30.6 Å². The van der Waals surface area contributed by atoms with E-state index in [1.165, 1.54) is 10.4 Å². The zero-order chi connectivity index (χ0) is 13.1. The first-order valence-electron chi connectivity index (χ1n) is 5.85. The van der Waals surface area contributed by atoms with Crippen LogP contribution in [-0.2, 0) is 0 Å². The largest absolute Gasteiger partial charge is 0.306 e. The highest BCUT2D eigenvalue weighted by Gasteiger charge is 2.18. The molecule has 0 saturated heterocycles. The van der Waals surface area contributed by atoms with Crippen molar-refractivity contribution in [3.05, 3.63) is 55.7 Å². The second-order valence-corrected chi connectivity index (χ2v) is 6.02. The lowest BCUT2D eigenvalue weighted by Gasteiger charge is -2.19. The Morgan fingerprint density at radius 2 is 2.11 bits per heavy atom. The van der Waals surface area contributed by atoms with Gasteiger partial charge >= 0.3 is 0 Å². The van der Waals surface area contributed by atoms with Crippen molar-refractivity contribution < 1.29 is 0 Å². The Morgan fingerprint density at radius 1 is 1.33 bits per heavy atom. The van der Waals surface area contributed by atoms with E-state index in [4.69, 9.17) is 23.2 Å². The third kappa shape index (κ3) is 2.89. The van der Waals surface area contributed by atoms with Crippen molar-refractivity contribution >= 4 is 34.5 Å². The van der Waals surface area contributed by atoms with Gasteiger partial charge in [-0.1, -0.05) is 42.3 Å². The molecule has 2 rings (SSSR count). The molecule has 2 aromatic rings. The van der Waals surface area contributed by atoms with E-state index in [1.54, 1.807) is 11.3 Å². The SMILES string of the molecule is CCNC(c1csc(C)c1)c1cccc(Cl)c1Cl. The number of rotatable bonds is 4. The summed E-state index contributed by atoms with van der Waals surface area (Å²) in [5.41, 5.74) is 2.27. The molecule has 1 aromatic carbocycles. The molecule has 0 radical (unpaired) electrons. The molecule has 96 valence electrons. The Kier molecular flexibility index (Phi) is 4.68. The first-order chi connectivity index (χ1) is 8.63. The predicted octanol–water partition coefficient (Wildman–Crippen LogP) is 5.06. The predicted molar refractivity (Wildman–Crippen MR) is 81.0 cm³/mol. The van der Waals surface area contributed by atoms with Gasteiger partial charge in [-0.05, 0) is 42.1 Å². The molecule has 0 aliphatic rings. The van der Waals surface area contributed by atoms with Gasteiger partial charge in [0, 0.05) is 4.88 Å². The van der Waals surface area contributed by atoms with Crippen molar-refractivity contribution in [1.29, 1.82) is 0 Å². The maximum atomic E-state index is 6.31. The van der Waals surface area contributed by atoms with Crippen molar-refractivity contribution in [3.8, 4) is 0 Å². The van der Waals surface area contributed by atoms with Crippen molar-refractivity contribution in [2.24, 2.45) is 0 Å². The molecule has 1 heterocycles. The van der Waals surface area contributed by atoms with Gasteiger partial charge in [-0.2, -0.15) is 0 Å². The molecule has 0 saturated carbocycles. The Labute approximate surface area is 122 Å². The number of halogens is 2. The monoisotopic (exact) mass is 299 g/mol. The smallest absolute Gasteiger partial charge is 0.0643 e. The fourth-order valence-corrected chi connectivity index (χ4v) is 3.12. The van der Waals surface area contributed by atoms with E-state index in [0.29, 0.717) is 10.0 Å². The van der Waals surface area contributed by atoms with Gasteiger partial charge in [0.25, 0.3) is 0 Å². The average Bonchev–Trinajstić information content (AvgIpc) is 2.77. The van der Waals surface area contributed by atoms with Crippen LogP contribution < -0.4 is 5.32 Å². The molecule has 0 aliphatic carbocycles. The molecule has 1 unspecified atom stereocenters. The van der Waals surface area contributed by atoms with Crippen molar-refractivity contribution in [2.75, 3.05) is 6.54 Å². The molecular formula is C14H15Cl2NS. The van der Waals surface area contributed by atoms with Crippen LogP contribution in [0.2, 0.25) is 10.0 Å². The quantitative estimate of drug-likeness (QED) is 0.832. The molecule has 1 aromatic heterocycles. The summed E-state index contributed by atoms with van der Waals surface area (Å²) >= 11 is 14.2. The number of nitrogens with one attached hydrogen (secondary N) is 1. The summed E-state index contributed by atoms with van der Waals surface area (Å²) in [6.45, 7) is 5.07. The van der Waals surface area contributed by atoms with Gasteiger partial charge in [0.05, 0.1) is 16.1 Å². The maximum Gasteiger partial charge on any atom is 0.0643 e. The Bertz CT molecular complexity index is 536. The Morgan fingerprint density at radius 3 is 2.72 bits per heavy atom. The highest BCUT2D eigenvalue weighted by Crippen LogP contribution is 2.34. The van der Waals surface area contributed by atoms with Gasteiger partial charge in [0.1, 0.15) is 0 Å². The van der Waals surface area contributed by atoms with E-state index in [0.717, 1.165) is 12.1 Å². The van der Waals surface area contributed by atoms with E-state index in [-0.39, 0.29) is 6.04 Å².